The summed E-state index contributed by atoms with van der Waals surface area (Å²) >= 11 is 6.42. The van der Waals surface area contributed by atoms with E-state index < -0.39 is 0 Å². The third kappa shape index (κ3) is 4.03. The predicted molar refractivity (Wildman–Crippen MR) is 128 cm³/mol. The Bertz CT molecular complexity index is 1150. The summed E-state index contributed by atoms with van der Waals surface area (Å²) in [4.78, 5) is 9.45. The fourth-order valence-electron chi connectivity index (χ4n) is 5.44. The molecule has 1 atom stereocenters. The number of hydrogen-bond acceptors (Lipinski definition) is 6. The number of aromatic nitrogens is 4. The van der Waals surface area contributed by atoms with Crippen molar-refractivity contribution in [2.24, 2.45) is 0 Å². The van der Waals surface area contributed by atoms with E-state index in [9.17, 15) is 0 Å². The van der Waals surface area contributed by atoms with Gasteiger partial charge in [0.1, 0.15) is 11.6 Å². The Hall–Kier alpha value is -2.48. The van der Waals surface area contributed by atoms with Crippen molar-refractivity contribution in [2.45, 2.75) is 51.2 Å². The van der Waals surface area contributed by atoms with Crippen molar-refractivity contribution in [1.82, 2.24) is 24.6 Å². The zero-order valence-corrected chi connectivity index (χ0v) is 19.7. The summed E-state index contributed by atoms with van der Waals surface area (Å²) in [5.74, 6) is 3.54. The van der Waals surface area contributed by atoms with Gasteiger partial charge in [-0.3, -0.25) is 9.47 Å². The molecule has 2 saturated heterocycles. The number of halogens is 1. The number of benzene rings is 1. The number of pyridine rings is 1. The summed E-state index contributed by atoms with van der Waals surface area (Å²) in [5.41, 5.74) is 3.64. The molecular formula is C25H29ClN6O. The molecule has 3 aromatic rings. The van der Waals surface area contributed by atoms with Crippen LogP contribution in [0, 0.1) is 6.92 Å². The standard InChI is InChI=1S/C25H29ClN6O/c1-17-4-8-27-23(12-17)30-9-5-18(6-10-30)25-29-28-24-15-31(21-7-11-33-16-21)14-19-13-20(26)2-3-22(19)32(24)25/h2-4,8,12-13,18,21H,5-7,9-11,14-16H2,1H3/t21-/m1/s1. The lowest BCUT2D eigenvalue weighted by molar-refractivity contribution is 0.133. The number of hydrogen-bond donors (Lipinski definition) is 0. The van der Waals surface area contributed by atoms with Crippen LogP contribution < -0.4 is 4.90 Å². The summed E-state index contributed by atoms with van der Waals surface area (Å²) in [7, 11) is 0. The summed E-state index contributed by atoms with van der Waals surface area (Å²) in [5, 5.41) is 10.2. The predicted octanol–water partition coefficient (Wildman–Crippen LogP) is 4.11. The first kappa shape index (κ1) is 21.1. The number of nitrogens with zero attached hydrogens (tertiary/aromatic N) is 6. The van der Waals surface area contributed by atoms with Crippen molar-refractivity contribution in [3.63, 3.8) is 0 Å². The van der Waals surface area contributed by atoms with Gasteiger partial charge in [0.25, 0.3) is 0 Å². The molecule has 2 fully saturated rings. The molecule has 0 unspecified atom stereocenters. The van der Waals surface area contributed by atoms with Gasteiger partial charge in [-0.2, -0.15) is 0 Å². The van der Waals surface area contributed by atoms with Crippen LogP contribution in [0.2, 0.25) is 5.02 Å². The van der Waals surface area contributed by atoms with Crippen LogP contribution in [-0.2, 0) is 17.8 Å². The highest BCUT2D eigenvalue weighted by Crippen LogP contribution is 2.35. The second-order valence-electron chi connectivity index (χ2n) is 9.46. The van der Waals surface area contributed by atoms with Gasteiger partial charge < -0.3 is 9.64 Å². The first-order valence-corrected chi connectivity index (χ1v) is 12.3. The number of ether oxygens (including phenoxy) is 1. The Morgan fingerprint density at radius 2 is 1.91 bits per heavy atom. The number of rotatable bonds is 3. The van der Waals surface area contributed by atoms with E-state index in [1.165, 1.54) is 16.8 Å². The van der Waals surface area contributed by atoms with E-state index in [4.69, 9.17) is 26.5 Å². The molecule has 3 aliphatic heterocycles. The molecule has 33 heavy (non-hydrogen) atoms. The minimum absolute atomic E-state index is 0.372. The van der Waals surface area contributed by atoms with Gasteiger partial charge in [-0.1, -0.05) is 11.6 Å². The molecule has 6 rings (SSSR count). The molecule has 1 aromatic carbocycles. The maximum atomic E-state index is 6.42. The highest BCUT2D eigenvalue weighted by Gasteiger charge is 2.33. The van der Waals surface area contributed by atoms with Crippen molar-refractivity contribution in [2.75, 3.05) is 31.2 Å². The lowest BCUT2D eigenvalue weighted by Crippen LogP contribution is -2.34. The van der Waals surface area contributed by atoms with E-state index in [0.29, 0.717) is 12.0 Å². The summed E-state index contributed by atoms with van der Waals surface area (Å²) in [6, 6.07) is 10.8. The van der Waals surface area contributed by atoms with Crippen LogP contribution in [0.1, 0.15) is 48.0 Å². The Kier molecular flexibility index (Phi) is 5.56. The van der Waals surface area contributed by atoms with Gasteiger partial charge in [0.05, 0.1) is 18.8 Å². The van der Waals surface area contributed by atoms with Crippen LogP contribution in [0.25, 0.3) is 5.69 Å². The summed E-state index contributed by atoms with van der Waals surface area (Å²) < 4.78 is 8.00. The van der Waals surface area contributed by atoms with Crippen LogP contribution >= 0.6 is 11.6 Å². The fraction of sp³-hybridized carbons (Fsp3) is 0.480. The average Bonchev–Trinajstić information content (AvgIpc) is 3.47. The van der Waals surface area contributed by atoms with Gasteiger partial charge in [0.15, 0.2) is 5.82 Å². The topological polar surface area (TPSA) is 59.3 Å². The second kappa shape index (κ2) is 8.70. The molecule has 7 nitrogen and oxygen atoms in total. The van der Waals surface area contributed by atoms with Gasteiger partial charge >= 0.3 is 0 Å². The maximum Gasteiger partial charge on any atom is 0.151 e. The van der Waals surface area contributed by atoms with Crippen molar-refractivity contribution in [3.8, 4) is 5.69 Å². The molecule has 0 radical (unpaired) electrons. The minimum Gasteiger partial charge on any atom is -0.380 e. The number of piperidine rings is 1. The molecule has 0 aliphatic carbocycles. The van der Waals surface area contributed by atoms with E-state index in [0.717, 1.165) is 81.1 Å². The monoisotopic (exact) mass is 464 g/mol. The number of aryl methyl sites for hydroxylation is 1. The molecular weight excluding hydrogens is 436 g/mol. The molecule has 3 aliphatic rings. The third-order valence-electron chi connectivity index (χ3n) is 7.26. The highest BCUT2D eigenvalue weighted by molar-refractivity contribution is 6.30. The Labute approximate surface area is 199 Å². The van der Waals surface area contributed by atoms with Crippen LogP contribution in [0.3, 0.4) is 0 Å². The fourth-order valence-corrected chi connectivity index (χ4v) is 5.64. The number of fused-ring (bicyclic) bond motifs is 3. The van der Waals surface area contributed by atoms with Gasteiger partial charge in [0, 0.05) is 49.4 Å². The molecule has 0 spiro atoms. The van der Waals surface area contributed by atoms with Gasteiger partial charge in [-0.15, -0.1) is 10.2 Å². The zero-order chi connectivity index (χ0) is 22.4. The van der Waals surface area contributed by atoms with Crippen LogP contribution in [0.4, 0.5) is 5.82 Å². The molecule has 0 bridgehead atoms. The Balaban J connectivity index is 1.30. The lowest BCUT2D eigenvalue weighted by Gasteiger charge is -2.32. The van der Waals surface area contributed by atoms with E-state index in [-0.39, 0.29) is 0 Å². The first-order chi connectivity index (χ1) is 16.2. The summed E-state index contributed by atoms with van der Waals surface area (Å²) in [6.07, 6.45) is 5.04. The van der Waals surface area contributed by atoms with Crippen molar-refractivity contribution in [1.29, 1.82) is 0 Å². The molecule has 8 heteroatoms. The second-order valence-corrected chi connectivity index (χ2v) is 9.89. The minimum atomic E-state index is 0.372. The van der Waals surface area contributed by atoms with Crippen molar-refractivity contribution in [3.05, 3.63) is 64.3 Å². The maximum absolute atomic E-state index is 6.42. The zero-order valence-electron chi connectivity index (χ0n) is 19.0. The Morgan fingerprint density at radius 1 is 1.03 bits per heavy atom. The van der Waals surface area contributed by atoms with E-state index in [1.807, 2.05) is 18.3 Å². The van der Waals surface area contributed by atoms with E-state index in [1.54, 1.807) is 0 Å². The van der Waals surface area contributed by atoms with E-state index >= 15 is 0 Å². The van der Waals surface area contributed by atoms with Gasteiger partial charge in [0.2, 0.25) is 0 Å². The van der Waals surface area contributed by atoms with Gasteiger partial charge in [-0.05, 0) is 67.6 Å². The number of anilines is 1. The van der Waals surface area contributed by atoms with Crippen molar-refractivity contribution < 1.29 is 4.74 Å². The molecule has 0 amide bonds. The van der Waals surface area contributed by atoms with Crippen LogP contribution in [0.15, 0.2) is 36.5 Å². The van der Waals surface area contributed by atoms with Crippen LogP contribution in [0.5, 0.6) is 0 Å². The van der Waals surface area contributed by atoms with Gasteiger partial charge in [-0.25, -0.2) is 4.98 Å². The summed E-state index contributed by atoms with van der Waals surface area (Å²) in [6.45, 7) is 7.31. The third-order valence-corrected chi connectivity index (χ3v) is 7.50. The largest absolute Gasteiger partial charge is 0.380 e. The molecule has 0 saturated carbocycles. The molecule has 172 valence electrons. The quantitative estimate of drug-likeness (QED) is 0.581. The lowest BCUT2D eigenvalue weighted by atomic mass is 9.95. The highest BCUT2D eigenvalue weighted by atomic mass is 35.5. The molecule has 5 heterocycles. The molecule has 0 N–H and O–H groups in total. The average molecular weight is 465 g/mol. The normalized spacial score (nSPS) is 21.6. The smallest absolute Gasteiger partial charge is 0.151 e. The Morgan fingerprint density at radius 3 is 2.70 bits per heavy atom. The molecule has 2 aromatic heterocycles. The van der Waals surface area contributed by atoms with E-state index in [2.05, 4.69) is 44.5 Å². The SMILES string of the molecule is Cc1ccnc(N2CCC(c3nnc4n3-c3ccc(Cl)cc3CN([C@@H]3CCOC3)C4)CC2)c1. The first-order valence-electron chi connectivity index (χ1n) is 11.9. The van der Waals surface area contributed by atoms with Crippen LogP contribution in [-0.4, -0.2) is 57.0 Å². The van der Waals surface area contributed by atoms with Crippen molar-refractivity contribution >= 4 is 17.4 Å².